The first kappa shape index (κ1) is 14.9. The summed E-state index contributed by atoms with van der Waals surface area (Å²) in [5.41, 5.74) is 0. The molecule has 0 aliphatic heterocycles. The van der Waals surface area contributed by atoms with Gasteiger partial charge in [0.25, 0.3) is 0 Å². The second-order valence-electron chi connectivity index (χ2n) is 5.92. The normalized spacial score (nSPS) is 17.3. The van der Waals surface area contributed by atoms with E-state index in [0.29, 0.717) is 17.1 Å². The molecule has 0 aromatic carbocycles. The highest BCUT2D eigenvalue weighted by molar-refractivity contribution is 6.74. The summed E-state index contributed by atoms with van der Waals surface area (Å²) in [6, 6.07) is 0. The van der Waals surface area contributed by atoms with Gasteiger partial charge in [0.05, 0.1) is 6.10 Å². The molecule has 0 heterocycles. The van der Waals surface area contributed by atoms with E-state index in [0.717, 1.165) is 6.42 Å². The van der Waals surface area contributed by atoms with Crippen molar-refractivity contribution in [2.24, 2.45) is 5.92 Å². The van der Waals surface area contributed by atoms with E-state index < -0.39 is 8.32 Å². The van der Waals surface area contributed by atoms with Crippen LogP contribution in [-0.2, 0) is 4.43 Å². The van der Waals surface area contributed by atoms with E-state index >= 15 is 0 Å². The van der Waals surface area contributed by atoms with Crippen LogP contribution in [0, 0.1) is 5.92 Å². The van der Waals surface area contributed by atoms with Gasteiger partial charge in [-0.15, -0.1) is 6.58 Å². The molecule has 0 rings (SSSR count). The largest absolute Gasteiger partial charge is 0.413 e. The third kappa shape index (κ3) is 4.11. The Hall–Kier alpha value is -0.0831. The predicted molar refractivity (Wildman–Crippen MR) is 71.7 cm³/mol. The van der Waals surface area contributed by atoms with E-state index in [2.05, 4.69) is 54.3 Å². The van der Waals surface area contributed by atoms with Crippen LogP contribution in [-0.4, -0.2) is 14.4 Å². The van der Waals surface area contributed by atoms with Crippen molar-refractivity contribution in [3.05, 3.63) is 12.7 Å². The standard InChI is InChI=1S/C13H28OSi/c1-9-11(3)12(10-2)14-15(7,8)13(4,5)6/h9,11-12H,1,10H2,2-8H3/t11-,12-/m1/s1. The second kappa shape index (κ2) is 5.31. The van der Waals surface area contributed by atoms with Crippen LogP contribution in [0.2, 0.25) is 18.1 Å². The molecule has 0 spiro atoms. The molecular formula is C13H28OSi. The summed E-state index contributed by atoms with van der Waals surface area (Å²) in [7, 11) is -1.62. The zero-order chi connectivity index (χ0) is 12.3. The van der Waals surface area contributed by atoms with Crippen LogP contribution in [0.15, 0.2) is 12.7 Å². The maximum atomic E-state index is 6.37. The SMILES string of the molecule is C=C[C@@H](C)[C@@H](CC)O[Si](C)(C)C(C)(C)C. The molecule has 2 heteroatoms. The van der Waals surface area contributed by atoms with Gasteiger partial charge in [-0.1, -0.05) is 40.7 Å². The average molecular weight is 228 g/mol. The molecule has 0 radical (unpaired) electrons. The third-order valence-electron chi connectivity index (χ3n) is 3.61. The zero-order valence-electron chi connectivity index (χ0n) is 11.6. The molecule has 0 saturated carbocycles. The van der Waals surface area contributed by atoms with Crippen molar-refractivity contribution >= 4 is 8.32 Å². The lowest BCUT2D eigenvalue weighted by atomic mass is 10.0. The Kier molecular flexibility index (Phi) is 5.28. The van der Waals surface area contributed by atoms with Gasteiger partial charge in [0.1, 0.15) is 0 Å². The molecule has 0 aliphatic carbocycles. The van der Waals surface area contributed by atoms with Gasteiger partial charge in [0, 0.05) is 0 Å². The molecule has 0 aromatic heterocycles. The van der Waals surface area contributed by atoms with Crippen LogP contribution in [0.1, 0.15) is 41.0 Å². The topological polar surface area (TPSA) is 9.23 Å². The van der Waals surface area contributed by atoms with Crippen LogP contribution in [0.3, 0.4) is 0 Å². The van der Waals surface area contributed by atoms with Gasteiger partial charge >= 0.3 is 0 Å². The average Bonchev–Trinajstić information content (AvgIpc) is 2.11. The van der Waals surface area contributed by atoms with Crippen LogP contribution >= 0.6 is 0 Å². The molecule has 1 nitrogen and oxygen atoms in total. The van der Waals surface area contributed by atoms with E-state index in [1.54, 1.807) is 0 Å². The molecular weight excluding hydrogens is 200 g/mol. The maximum absolute atomic E-state index is 6.37. The van der Waals surface area contributed by atoms with Crippen LogP contribution in [0.4, 0.5) is 0 Å². The minimum atomic E-state index is -1.62. The van der Waals surface area contributed by atoms with Gasteiger partial charge in [0.15, 0.2) is 8.32 Å². The maximum Gasteiger partial charge on any atom is 0.192 e. The summed E-state index contributed by atoms with van der Waals surface area (Å²) in [4.78, 5) is 0. The van der Waals surface area contributed by atoms with Crippen molar-refractivity contribution in [1.29, 1.82) is 0 Å². The van der Waals surface area contributed by atoms with Crippen molar-refractivity contribution in [3.8, 4) is 0 Å². The van der Waals surface area contributed by atoms with Gasteiger partial charge in [-0.3, -0.25) is 0 Å². The Labute approximate surface area is 97.0 Å². The fraction of sp³-hybridized carbons (Fsp3) is 0.846. The minimum Gasteiger partial charge on any atom is -0.413 e. The van der Waals surface area contributed by atoms with Crippen molar-refractivity contribution < 1.29 is 4.43 Å². The molecule has 2 atom stereocenters. The molecule has 15 heavy (non-hydrogen) atoms. The van der Waals surface area contributed by atoms with E-state index in [1.807, 2.05) is 6.08 Å². The molecule has 90 valence electrons. The Bertz CT molecular complexity index is 203. The van der Waals surface area contributed by atoms with Crippen LogP contribution in [0.5, 0.6) is 0 Å². The fourth-order valence-electron chi connectivity index (χ4n) is 1.27. The molecule has 0 unspecified atom stereocenters. The molecule has 0 saturated heterocycles. The highest BCUT2D eigenvalue weighted by Gasteiger charge is 2.39. The minimum absolute atomic E-state index is 0.293. The molecule has 0 aliphatic rings. The van der Waals surface area contributed by atoms with Gasteiger partial charge in [0.2, 0.25) is 0 Å². The Morgan fingerprint density at radius 1 is 1.33 bits per heavy atom. The van der Waals surface area contributed by atoms with Crippen molar-refractivity contribution in [1.82, 2.24) is 0 Å². The summed E-state index contributed by atoms with van der Waals surface area (Å²) < 4.78 is 6.37. The number of hydrogen-bond donors (Lipinski definition) is 0. The van der Waals surface area contributed by atoms with E-state index in [4.69, 9.17) is 4.43 Å². The second-order valence-corrected chi connectivity index (χ2v) is 10.7. The summed E-state index contributed by atoms with van der Waals surface area (Å²) in [5, 5.41) is 0.293. The Morgan fingerprint density at radius 2 is 1.80 bits per heavy atom. The lowest BCUT2D eigenvalue weighted by molar-refractivity contribution is 0.141. The van der Waals surface area contributed by atoms with Crippen molar-refractivity contribution in [3.63, 3.8) is 0 Å². The van der Waals surface area contributed by atoms with Gasteiger partial charge in [-0.25, -0.2) is 0 Å². The van der Waals surface area contributed by atoms with Crippen molar-refractivity contribution in [2.45, 2.75) is 65.3 Å². The van der Waals surface area contributed by atoms with E-state index in [9.17, 15) is 0 Å². The van der Waals surface area contributed by atoms with Crippen molar-refractivity contribution in [2.75, 3.05) is 0 Å². The molecule has 0 bridgehead atoms. The third-order valence-corrected chi connectivity index (χ3v) is 8.12. The monoisotopic (exact) mass is 228 g/mol. The Morgan fingerprint density at radius 3 is 2.07 bits per heavy atom. The molecule has 0 amide bonds. The zero-order valence-corrected chi connectivity index (χ0v) is 12.6. The highest BCUT2D eigenvalue weighted by atomic mass is 28.4. The predicted octanol–water partition coefficient (Wildman–Crippen LogP) is 4.61. The number of rotatable bonds is 5. The Balaban J connectivity index is 4.61. The smallest absolute Gasteiger partial charge is 0.192 e. The molecule has 0 fully saturated rings. The summed E-state index contributed by atoms with van der Waals surface area (Å²) >= 11 is 0. The number of hydrogen-bond acceptors (Lipinski definition) is 1. The quantitative estimate of drug-likeness (QED) is 0.493. The summed E-state index contributed by atoms with van der Waals surface area (Å²) in [5.74, 6) is 0.448. The lowest BCUT2D eigenvalue weighted by Gasteiger charge is -2.40. The van der Waals surface area contributed by atoms with E-state index in [-0.39, 0.29) is 0 Å². The molecule has 0 aromatic rings. The summed E-state index contributed by atoms with van der Waals surface area (Å²) in [6.45, 7) is 19.7. The van der Waals surface area contributed by atoms with E-state index in [1.165, 1.54) is 0 Å². The lowest BCUT2D eigenvalue weighted by Crippen LogP contribution is -2.45. The summed E-state index contributed by atoms with van der Waals surface area (Å²) in [6.07, 6.45) is 3.41. The first-order valence-electron chi connectivity index (χ1n) is 5.96. The molecule has 0 N–H and O–H groups in total. The van der Waals surface area contributed by atoms with Crippen LogP contribution in [0.25, 0.3) is 0 Å². The fourth-order valence-corrected chi connectivity index (χ4v) is 2.76. The first-order chi connectivity index (χ1) is 6.65. The van der Waals surface area contributed by atoms with Crippen LogP contribution < -0.4 is 0 Å². The first-order valence-corrected chi connectivity index (χ1v) is 8.87. The highest BCUT2D eigenvalue weighted by Crippen LogP contribution is 2.38. The van der Waals surface area contributed by atoms with Gasteiger partial charge in [-0.2, -0.15) is 0 Å². The van der Waals surface area contributed by atoms with Gasteiger partial charge in [-0.05, 0) is 30.5 Å². The van der Waals surface area contributed by atoms with Gasteiger partial charge < -0.3 is 4.43 Å².